The second kappa shape index (κ2) is 5.75. The number of carbonyl (C=O) groups excluding carboxylic acids is 1. The van der Waals surface area contributed by atoms with Crippen LogP contribution >= 0.6 is 0 Å². The molecule has 3 heteroatoms. The predicted molar refractivity (Wildman–Crippen MR) is 82.7 cm³/mol. The van der Waals surface area contributed by atoms with Crippen LogP contribution < -0.4 is 5.32 Å². The van der Waals surface area contributed by atoms with E-state index in [4.69, 9.17) is 0 Å². The summed E-state index contributed by atoms with van der Waals surface area (Å²) < 4.78 is 13.1. The molecule has 0 unspecified atom stereocenters. The van der Waals surface area contributed by atoms with Crippen molar-refractivity contribution >= 4 is 22.4 Å². The molecule has 0 aliphatic rings. The van der Waals surface area contributed by atoms with Gasteiger partial charge in [-0.2, -0.15) is 0 Å². The standard InChI is InChI=1S/C18H14FNO/c19-16-6-3-7-17(12-16)20-18(21)11-13-8-9-14-4-1-2-5-15(14)10-13/h1-10,12H,11H2,(H,20,21). The maximum atomic E-state index is 13.1. The molecular formula is C18H14FNO. The van der Waals surface area contributed by atoms with Crippen molar-refractivity contribution in [1.82, 2.24) is 0 Å². The summed E-state index contributed by atoms with van der Waals surface area (Å²) in [6.45, 7) is 0. The smallest absolute Gasteiger partial charge is 0.228 e. The SMILES string of the molecule is O=C(Cc1ccc2ccccc2c1)Nc1cccc(F)c1. The Morgan fingerprint density at radius 1 is 0.905 bits per heavy atom. The fourth-order valence-electron chi connectivity index (χ4n) is 2.31. The van der Waals surface area contributed by atoms with Crippen LogP contribution in [0.4, 0.5) is 10.1 Å². The number of benzene rings is 3. The van der Waals surface area contributed by atoms with Gasteiger partial charge in [0.25, 0.3) is 0 Å². The highest BCUT2D eigenvalue weighted by Gasteiger charge is 2.05. The Morgan fingerprint density at radius 3 is 2.52 bits per heavy atom. The average molecular weight is 279 g/mol. The van der Waals surface area contributed by atoms with E-state index in [0.717, 1.165) is 16.3 Å². The van der Waals surface area contributed by atoms with Crippen molar-refractivity contribution < 1.29 is 9.18 Å². The highest BCUT2D eigenvalue weighted by Crippen LogP contribution is 2.16. The molecule has 3 aromatic rings. The predicted octanol–water partition coefficient (Wildman–Crippen LogP) is 4.16. The van der Waals surface area contributed by atoms with Gasteiger partial charge in [0.05, 0.1) is 6.42 Å². The number of rotatable bonds is 3. The Balaban J connectivity index is 1.74. The Labute approximate surface area is 122 Å². The number of halogens is 1. The van der Waals surface area contributed by atoms with Gasteiger partial charge in [-0.05, 0) is 34.5 Å². The van der Waals surface area contributed by atoms with E-state index in [2.05, 4.69) is 5.32 Å². The summed E-state index contributed by atoms with van der Waals surface area (Å²) in [5, 5.41) is 4.95. The molecule has 0 saturated carbocycles. The van der Waals surface area contributed by atoms with Crippen LogP contribution in [0.3, 0.4) is 0 Å². The van der Waals surface area contributed by atoms with Crippen molar-refractivity contribution in [2.45, 2.75) is 6.42 Å². The van der Waals surface area contributed by atoms with Crippen molar-refractivity contribution in [3.05, 3.63) is 78.1 Å². The second-order valence-electron chi connectivity index (χ2n) is 4.92. The minimum Gasteiger partial charge on any atom is -0.326 e. The lowest BCUT2D eigenvalue weighted by Gasteiger charge is -2.06. The molecule has 1 amide bonds. The minimum atomic E-state index is -0.362. The summed E-state index contributed by atoms with van der Waals surface area (Å²) in [6.07, 6.45) is 0.265. The van der Waals surface area contributed by atoms with E-state index < -0.39 is 0 Å². The number of hydrogen-bond donors (Lipinski definition) is 1. The molecule has 0 fully saturated rings. The first-order valence-electron chi connectivity index (χ1n) is 6.74. The zero-order valence-electron chi connectivity index (χ0n) is 11.3. The summed E-state index contributed by atoms with van der Waals surface area (Å²) >= 11 is 0. The molecule has 0 bridgehead atoms. The summed E-state index contributed by atoms with van der Waals surface area (Å²) in [5.74, 6) is -0.519. The monoisotopic (exact) mass is 279 g/mol. The zero-order chi connectivity index (χ0) is 14.7. The number of hydrogen-bond acceptors (Lipinski definition) is 1. The Morgan fingerprint density at radius 2 is 1.71 bits per heavy atom. The van der Waals surface area contributed by atoms with E-state index in [1.165, 1.54) is 12.1 Å². The number of amides is 1. The van der Waals surface area contributed by atoms with Crippen LogP contribution in [0.25, 0.3) is 10.8 Å². The van der Waals surface area contributed by atoms with Gasteiger partial charge in [-0.25, -0.2) is 4.39 Å². The van der Waals surface area contributed by atoms with Crippen LogP contribution in [0.2, 0.25) is 0 Å². The molecule has 3 aromatic carbocycles. The Hall–Kier alpha value is -2.68. The van der Waals surface area contributed by atoms with E-state index in [-0.39, 0.29) is 18.1 Å². The van der Waals surface area contributed by atoms with Gasteiger partial charge < -0.3 is 5.32 Å². The maximum Gasteiger partial charge on any atom is 0.228 e. The van der Waals surface area contributed by atoms with Gasteiger partial charge in [0, 0.05) is 5.69 Å². The van der Waals surface area contributed by atoms with E-state index in [9.17, 15) is 9.18 Å². The molecule has 0 radical (unpaired) electrons. The van der Waals surface area contributed by atoms with E-state index in [0.29, 0.717) is 5.69 Å². The summed E-state index contributed by atoms with van der Waals surface area (Å²) in [4.78, 5) is 12.0. The lowest BCUT2D eigenvalue weighted by molar-refractivity contribution is -0.115. The lowest BCUT2D eigenvalue weighted by Crippen LogP contribution is -2.14. The maximum absolute atomic E-state index is 13.1. The first-order valence-corrected chi connectivity index (χ1v) is 6.74. The highest BCUT2D eigenvalue weighted by atomic mass is 19.1. The first-order chi connectivity index (χ1) is 10.2. The van der Waals surface area contributed by atoms with Gasteiger partial charge in [-0.1, -0.05) is 48.5 Å². The number of anilines is 1. The van der Waals surface area contributed by atoms with Crippen LogP contribution in [-0.2, 0) is 11.2 Å². The van der Waals surface area contributed by atoms with Gasteiger partial charge in [0.1, 0.15) is 5.82 Å². The number of fused-ring (bicyclic) bond motifs is 1. The molecule has 21 heavy (non-hydrogen) atoms. The van der Waals surface area contributed by atoms with Crippen molar-refractivity contribution in [3.8, 4) is 0 Å². The molecule has 0 saturated heterocycles. The van der Waals surface area contributed by atoms with Crippen LogP contribution in [0.15, 0.2) is 66.7 Å². The van der Waals surface area contributed by atoms with E-state index in [1.807, 2.05) is 42.5 Å². The fraction of sp³-hybridized carbons (Fsp3) is 0.0556. The van der Waals surface area contributed by atoms with Crippen molar-refractivity contribution in [2.75, 3.05) is 5.32 Å². The Bertz CT molecular complexity index is 798. The molecule has 0 aromatic heterocycles. The minimum absolute atomic E-state index is 0.157. The third-order valence-corrected chi connectivity index (χ3v) is 3.29. The van der Waals surface area contributed by atoms with Crippen LogP contribution in [0.1, 0.15) is 5.56 Å². The molecule has 0 spiro atoms. The third-order valence-electron chi connectivity index (χ3n) is 3.29. The molecule has 0 heterocycles. The highest BCUT2D eigenvalue weighted by molar-refractivity contribution is 5.93. The van der Waals surface area contributed by atoms with Gasteiger partial charge in [-0.3, -0.25) is 4.79 Å². The van der Waals surface area contributed by atoms with E-state index >= 15 is 0 Å². The van der Waals surface area contributed by atoms with Crippen molar-refractivity contribution in [2.24, 2.45) is 0 Å². The number of carbonyl (C=O) groups is 1. The van der Waals surface area contributed by atoms with Crippen LogP contribution in [-0.4, -0.2) is 5.91 Å². The third kappa shape index (κ3) is 3.26. The van der Waals surface area contributed by atoms with E-state index in [1.54, 1.807) is 12.1 Å². The molecular weight excluding hydrogens is 265 g/mol. The van der Waals surface area contributed by atoms with Gasteiger partial charge in [0.15, 0.2) is 0 Å². The van der Waals surface area contributed by atoms with Gasteiger partial charge >= 0.3 is 0 Å². The molecule has 1 N–H and O–H groups in total. The normalized spacial score (nSPS) is 10.5. The summed E-state index contributed by atoms with van der Waals surface area (Å²) in [7, 11) is 0. The van der Waals surface area contributed by atoms with Crippen molar-refractivity contribution in [1.29, 1.82) is 0 Å². The molecule has 0 atom stereocenters. The lowest BCUT2D eigenvalue weighted by atomic mass is 10.0. The Kier molecular flexibility index (Phi) is 3.65. The molecule has 3 rings (SSSR count). The average Bonchev–Trinajstić information content (AvgIpc) is 2.47. The summed E-state index contributed by atoms with van der Waals surface area (Å²) in [5.41, 5.74) is 1.41. The van der Waals surface area contributed by atoms with Gasteiger partial charge in [-0.15, -0.1) is 0 Å². The topological polar surface area (TPSA) is 29.1 Å². The number of nitrogens with one attached hydrogen (secondary N) is 1. The second-order valence-corrected chi connectivity index (χ2v) is 4.92. The van der Waals surface area contributed by atoms with Crippen molar-refractivity contribution in [3.63, 3.8) is 0 Å². The quantitative estimate of drug-likeness (QED) is 0.766. The largest absolute Gasteiger partial charge is 0.326 e. The van der Waals surface area contributed by atoms with Crippen LogP contribution in [0.5, 0.6) is 0 Å². The zero-order valence-corrected chi connectivity index (χ0v) is 11.3. The molecule has 104 valence electrons. The van der Waals surface area contributed by atoms with Gasteiger partial charge in [0.2, 0.25) is 5.91 Å². The van der Waals surface area contributed by atoms with Crippen LogP contribution in [0, 0.1) is 5.82 Å². The molecule has 0 aliphatic carbocycles. The first kappa shape index (κ1) is 13.3. The fourth-order valence-corrected chi connectivity index (χ4v) is 2.31. The molecule has 2 nitrogen and oxygen atoms in total. The summed E-state index contributed by atoms with van der Waals surface area (Å²) in [6, 6.07) is 19.8. The molecule has 0 aliphatic heterocycles.